The van der Waals surface area contributed by atoms with Crippen molar-refractivity contribution < 1.29 is 14.2 Å². The van der Waals surface area contributed by atoms with Crippen molar-refractivity contribution in [2.45, 2.75) is 6.42 Å². The van der Waals surface area contributed by atoms with Crippen LogP contribution >= 0.6 is 11.6 Å². The molecule has 130 valence electrons. The molecule has 2 aromatic carbocycles. The van der Waals surface area contributed by atoms with Gasteiger partial charge in [-0.3, -0.25) is 0 Å². The van der Waals surface area contributed by atoms with Gasteiger partial charge in [-0.2, -0.15) is 5.26 Å². The molecule has 25 heavy (non-hydrogen) atoms. The molecule has 0 fully saturated rings. The Morgan fingerprint density at radius 1 is 1.08 bits per heavy atom. The quantitative estimate of drug-likeness (QED) is 0.742. The average Bonchev–Trinajstić information content (AvgIpc) is 2.65. The molecule has 0 aliphatic carbocycles. The van der Waals surface area contributed by atoms with Gasteiger partial charge >= 0.3 is 0 Å². The zero-order valence-corrected chi connectivity index (χ0v) is 15.1. The maximum absolute atomic E-state index is 9.40. The maximum atomic E-state index is 9.40. The number of nitrogens with zero attached hydrogens (tertiary/aromatic N) is 1. The lowest BCUT2D eigenvalue weighted by atomic mass is 10.1. The van der Waals surface area contributed by atoms with E-state index in [0.717, 1.165) is 11.3 Å². The van der Waals surface area contributed by atoms with E-state index in [1.165, 1.54) is 0 Å². The van der Waals surface area contributed by atoms with Gasteiger partial charge in [0.25, 0.3) is 0 Å². The van der Waals surface area contributed by atoms with Crippen LogP contribution in [0.25, 0.3) is 0 Å². The van der Waals surface area contributed by atoms with Gasteiger partial charge in [-0.1, -0.05) is 11.6 Å². The molecule has 0 radical (unpaired) electrons. The van der Waals surface area contributed by atoms with E-state index in [9.17, 15) is 5.26 Å². The molecule has 0 amide bonds. The van der Waals surface area contributed by atoms with Crippen LogP contribution in [0, 0.1) is 11.3 Å². The topological polar surface area (TPSA) is 63.5 Å². The number of hydrogen-bond donors (Lipinski definition) is 1. The normalized spacial score (nSPS) is 10.8. The minimum atomic E-state index is 0.424. The number of ether oxygens (including phenoxy) is 3. The van der Waals surface area contributed by atoms with Crippen LogP contribution in [0.15, 0.2) is 48.2 Å². The molecular formula is C19H19ClN2O3. The summed E-state index contributed by atoms with van der Waals surface area (Å²) in [6, 6.07) is 13.1. The Labute approximate surface area is 152 Å². The lowest BCUT2D eigenvalue weighted by Gasteiger charge is -2.14. The molecule has 0 atom stereocenters. The SMILES string of the molecule is COc1cc(CC(C#N)=CNc2ccc(Cl)cc2)cc(OC)c1OC. The Hall–Kier alpha value is -2.84. The molecule has 2 rings (SSSR count). The van der Waals surface area contributed by atoms with Gasteiger partial charge in [0.2, 0.25) is 5.75 Å². The number of methoxy groups -OCH3 is 3. The number of anilines is 1. The highest BCUT2D eigenvalue weighted by atomic mass is 35.5. The van der Waals surface area contributed by atoms with Crippen molar-refractivity contribution in [3.8, 4) is 23.3 Å². The highest BCUT2D eigenvalue weighted by molar-refractivity contribution is 6.30. The summed E-state index contributed by atoms with van der Waals surface area (Å²) in [5.41, 5.74) is 2.28. The van der Waals surface area contributed by atoms with Crippen molar-refractivity contribution in [1.82, 2.24) is 0 Å². The van der Waals surface area contributed by atoms with Crippen LogP contribution in [-0.2, 0) is 6.42 Å². The van der Waals surface area contributed by atoms with Gasteiger partial charge < -0.3 is 19.5 Å². The summed E-state index contributed by atoms with van der Waals surface area (Å²) in [6.45, 7) is 0. The van der Waals surface area contributed by atoms with E-state index in [4.69, 9.17) is 25.8 Å². The van der Waals surface area contributed by atoms with E-state index in [1.807, 2.05) is 24.3 Å². The molecule has 0 saturated carbocycles. The first-order chi connectivity index (χ1) is 12.1. The summed E-state index contributed by atoms with van der Waals surface area (Å²) in [5, 5.41) is 13.1. The van der Waals surface area contributed by atoms with E-state index in [0.29, 0.717) is 34.3 Å². The number of nitriles is 1. The molecule has 0 bridgehead atoms. The van der Waals surface area contributed by atoms with Crippen LogP contribution in [-0.4, -0.2) is 21.3 Å². The van der Waals surface area contributed by atoms with Gasteiger partial charge in [0.1, 0.15) is 0 Å². The van der Waals surface area contributed by atoms with Crippen LogP contribution in [0.3, 0.4) is 0 Å². The smallest absolute Gasteiger partial charge is 0.203 e. The third-order valence-corrected chi connectivity index (χ3v) is 3.77. The third kappa shape index (κ3) is 4.82. The number of hydrogen-bond acceptors (Lipinski definition) is 5. The first kappa shape index (κ1) is 18.5. The fraction of sp³-hybridized carbons (Fsp3) is 0.211. The van der Waals surface area contributed by atoms with Gasteiger partial charge in [0.05, 0.1) is 27.4 Å². The van der Waals surface area contributed by atoms with Crippen LogP contribution < -0.4 is 19.5 Å². The molecule has 0 aliphatic rings. The largest absolute Gasteiger partial charge is 0.493 e. The molecule has 0 spiro atoms. The summed E-state index contributed by atoms with van der Waals surface area (Å²) in [5.74, 6) is 1.63. The van der Waals surface area contributed by atoms with Gasteiger partial charge in [-0.05, 0) is 42.0 Å². The lowest BCUT2D eigenvalue weighted by molar-refractivity contribution is 0.324. The number of halogens is 1. The second-order valence-electron chi connectivity index (χ2n) is 5.14. The molecule has 6 heteroatoms. The number of allylic oxidation sites excluding steroid dienone is 1. The van der Waals surface area contributed by atoms with E-state index >= 15 is 0 Å². The van der Waals surface area contributed by atoms with Crippen molar-refractivity contribution in [2.24, 2.45) is 0 Å². The molecule has 0 aromatic heterocycles. The van der Waals surface area contributed by atoms with Crippen molar-refractivity contribution >= 4 is 17.3 Å². The van der Waals surface area contributed by atoms with Gasteiger partial charge in [0, 0.05) is 28.9 Å². The molecule has 0 aliphatic heterocycles. The highest BCUT2D eigenvalue weighted by Crippen LogP contribution is 2.38. The Morgan fingerprint density at radius 3 is 2.16 bits per heavy atom. The molecule has 0 unspecified atom stereocenters. The first-order valence-corrected chi connectivity index (χ1v) is 7.89. The zero-order chi connectivity index (χ0) is 18.2. The van der Waals surface area contributed by atoms with Crippen LogP contribution in [0.5, 0.6) is 17.2 Å². The van der Waals surface area contributed by atoms with Gasteiger partial charge in [-0.25, -0.2) is 0 Å². The van der Waals surface area contributed by atoms with E-state index < -0.39 is 0 Å². The van der Waals surface area contributed by atoms with E-state index in [-0.39, 0.29) is 0 Å². The van der Waals surface area contributed by atoms with Crippen LogP contribution in [0.1, 0.15) is 5.56 Å². The minimum Gasteiger partial charge on any atom is -0.493 e. The Morgan fingerprint density at radius 2 is 1.68 bits per heavy atom. The molecule has 2 aromatic rings. The zero-order valence-electron chi connectivity index (χ0n) is 14.3. The summed E-state index contributed by atoms with van der Waals surface area (Å²) < 4.78 is 16.0. The second kappa shape index (κ2) is 8.86. The van der Waals surface area contributed by atoms with Crippen molar-refractivity contribution in [3.63, 3.8) is 0 Å². The summed E-state index contributed by atoms with van der Waals surface area (Å²) in [7, 11) is 4.67. The maximum Gasteiger partial charge on any atom is 0.203 e. The number of benzene rings is 2. The standard InChI is InChI=1S/C19H19ClN2O3/c1-23-17-9-13(10-18(24-2)19(17)25-3)8-14(11-21)12-22-16-6-4-15(20)5-7-16/h4-7,9-10,12,22H,8H2,1-3H3. The predicted octanol–water partition coefficient (Wildman–Crippen LogP) is 4.43. The van der Waals surface area contributed by atoms with Crippen molar-refractivity contribution in [1.29, 1.82) is 5.26 Å². The lowest BCUT2D eigenvalue weighted by Crippen LogP contribution is -1.99. The Balaban J connectivity index is 2.22. The molecular weight excluding hydrogens is 340 g/mol. The Kier molecular flexibility index (Phi) is 6.55. The molecule has 1 N–H and O–H groups in total. The summed E-state index contributed by atoms with van der Waals surface area (Å²) >= 11 is 5.86. The Bertz CT molecular complexity index is 770. The average molecular weight is 359 g/mol. The summed E-state index contributed by atoms with van der Waals surface area (Å²) in [4.78, 5) is 0. The van der Waals surface area contributed by atoms with Crippen molar-refractivity contribution in [3.05, 3.63) is 58.8 Å². The minimum absolute atomic E-state index is 0.424. The second-order valence-corrected chi connectivity index (χ2v) is 5.58. The fourth-order valence-corrected chi connectivity index (χ4v) is 2.42. The molecule has 0 heterocycles. The number of nitrogens with one attached hydrogen (secondary N) is 1. The fourth-order valence-electron chi connectivity index (χ4n) is 2.30. The highest BCUT2D eigenvalue weighted by Gasteiger charge is 2.13. The van der Waals surface area contributed by atoms with E-state index in [2.05, 4.69) is 11.4 Å². The molecule has 0 saturated heterocycles. The van der Waals surface area contributed by atoms with E-state index in [1.54, 1.807) is 39.7 Å². The van der Waals surface area contributed by atoms with Crippen LogP contribution in [0.2, 0.25) is 5.02 Å². The third-order valence-electron chi connectivity index (χ3n) is 3.52. The first-order valence-electron chi connectivity index (χ1n) is 7.51. The summed E-state index contributed by atoms with van der Waals surface area (Å²) in [6.07, 6.45) is 2.10. The number of rotatable bonds is 7. The van der Waals surface area contributed by atoms with Crippen molar-refractivity contribution in [2.75, 3.05) is 26.6 Å². The molecule has 5 nitrogen and oxygen atoms in total. The van der Waals surface area contributed by atoms with Gasteiger partial charge in [0.15, 0.2) is 11.5 Å². The van der Waals surface area contributed by atoms with Crippen LogP contribution in [0.4, 0.5) is 5.69 Å². The van der Waals surface area contributed by atoms with Gasteiger partial charge in [-0.15, -0.1) is 0 Å². The monoisotopic (exact) mass is 358 g/mol. The predicted molar refractivity (Wildman–Crippen MR) is 98.6 cm³/mol.